The van der Waals surface area contributed by atoms with Crippen molar-refractivity contribution in [2.75, 3.05) is 26.4 Å². The highest BCUT2D eigenvalue weighted by Gasteiger charge is 2.53. The predicted octanol–water partition coefficient (Wildman–Crippen LogP) is 8.11. The Kier molecular flexibility index (Phi) is 44.2. The summed E-state index contributed by atoms with van der Waals surface area (Å²) in [5.41, 5.74) is 0. The van der Waals surface area contributed by atoms with Gasteiger partial charge in [0.15, 0.2) is 18.9 Å². The Balaban J connectivity index is 1.43. The van der Waals surface area contributed by atoms with Gasteiger partial charge in [-0.3, -0.25) is 4.79 Å². The highest BCUT2D eigenvalue weighted by molar-refractivity contribution is 5.76. The topological polar surface area (TPSA) is 307 Å². The Labute approximate surface area is 506 Å². The Bertz CT molecular complexity index is 1580. The van der Waals surface area contributed by atoms with Crippen molar-refractivity contribution in [2.45, 2.75) is 369 Å². The molecule has 17 atom stereocenters. The fourth-order valence-electron chi connectivity index (χ4n) is 11.8. The van der Waals surface area contributed by atoms with E-state index in [0.717, 1.165) is 44.9 Å². The van der Waals surface area contributed by atoms with E-state index in [2.05, 4.69) is 19.2 Å². The van der Waals surface area contributed by atoms with Gasteiger partial charge in [-0.05, 0) is 19.3 Å². The third kappa shape index (κ3) is 30.8. The number of nitrogens with one attached hydrogen (secondary N) is 1. The maximum Gasteiger partial charge on any atom is 0.220 e. The first-order valence-electron chi connectivity index (χ1n) is 33.9. The number of carbonyl (C=O) groups is 1. The molecule has 3 heterocycles. The smallest absolute Gasteiger partial charge is 0.220 e. The molecule has 19 heteroatoms. The van der Waals surface area contributed by atoms with Crippen molar-refractivity contribution in [3.05, 3.63) is 12.2 Å². The van der Waals surface area contributed by atoms with E-state index in [4.69, 9.17) is 28.4 Å². The van der Waals surface area contributed by atoms with Crippen LogP contribution in [0.5, 0.6) is 0 Å². The summed E-state index contributed by atoms with van der Waals surface area (Å²) in [6.07, 6.45) is 24.8. The zero-order valence-corrected chi connectivity index (χ0v) is 52.2. The van der Waals surface area contributed by atoms with E-state index in [1.807, 2.05) is 6.08 Å². The zero-order valence-electron chi connectivity index (χ0n) is 52.2. The number of aliphatic hydroxyl groups excluding tert-OH is 11. The lowest BCUT2D eigenvalue weighted by Gasteiger charge is -2.48. The van der Waals surface area contributed by atoms with Crippen LogP contribution in [0.4, 0.5) is 0 Å². The van der Waals surface area contributed by atoms with Gasteiger partial charge < -0.3 is 89.9 Å². The van der Waals surface area contributed by atoms with Gasteiger partial charge in [-0.1, -0.05) is 251 Å². The fourth-order valence-corrected chi connectivity index (χ4v) is 11.8. The minimum atomic E-state index is -1.97. The van der Waals surface area contributed by atoms with Crippen LogP contribution in [0.25, 0.3) is 0 Å². The molecule has 3 saturated heterocycles. The number of allylic oxidation sites excluding steroid dienone is 1. The maximum absolute atomic E-state index is 13.3. The van der Waals surface area contributed by atoms with Gasteiger partial charge in [-0.25, -0.2) is 0 Å². The van der Waals surface area contributed by atoms with Gasteiger partial charge in [0.1, 0.15) is 73.2 Å². The molecule has 0 spiro atoms. The van der Waals surface area contributed by atoms with Gasteiger partial charge in [-0.15, -0.1) is 0 Å². The van der Waals surface area contributed by atoms with E-state index in [0.29, 0.717) is 6.42 Å². The first-order chi connectivity index (χ1) is 40.8. The van der Waals surface area contributed by atoms with Crippen LogP contribution in [-0.2, 0) is 33.2 Å². The zero-order chi connectivity index (χ0) is 61.2. The molecule has 0 aromatic heterocycles. The van der Waals surface area contributed by atoms with Gasteiger partial charge >= 0.3 is 0 Å². The Morgan fingerprint density at radius 2 is 0.738 bits per heavy atom. The molecule has 0 aromatic carbocycles. The second kappa shape index (κ2) is 48.4. The molecule has 3 aliphatic rings. The molecule has 19 nitrogen and oxygen atoms in total. The molecule has 0 radical (unpaired) electrons. The van der Waals surface area contributed by atoms with E-state index in [1.165, 1.54) is 193 Å². The van der Waals surface area contributed by atoms with Crippen molar-refractivity contribution in [2.24, 2.45) is 0 Å². The van der Waals surface area contributed by atoms with Crippen molar-refractivity contribution in [1.29, 1.82) is 0 Å². The summed E-state index contributed by atoms with van der Waals surface area (Å²) in [5, 5.41) is 120. The lowest BCUT2D eigenvalue weighted by molar-refractivity contribution is -0.379. The summed E-state index contributed by atoms with van der Waals surface area (Å²) in [6.45, 7) is 1.75. The summed E-state index contributed by atoms with van der Waals surface area (Å²) in [7, 11) is 0. The van der Waals surface area contributed by atoms with E-state index in [-0.39, 0.29) is 18.9 Å². The molecule has 1 amide bonds. The summed E-state index contributed by atoms with van der Waals surface area (Å²) in [5.74, 6) is -0.272. The van der Waals surface area contributed by atoms with Gasteiger partial charge in [-0.2, -0.15) is 0 Å². The molecule has 84 heavy (non-hydrogen) atoms. The number of aliphatic hydroxyl groups is 11. The molecule has 0 saturated carbocycles. The first-order valence-corrected chi connectivity index (χ1v) is 33.9. The van der Waals surface area contributed by atoms with Crippen molar-refractivity contribution < 1.29 is 89.4 Å². The van der Waals surface area contributed by atoms with Crippen molar-refractivity contribution in [3.63, 3.8) is 0 Å². The molecule has 17 unspecified atom stereocenters. The van der Waals surface area contributed by atoms with Crippen molar-refractivity contribution in [3.8, 4) is 0 Å². The van der Waals surface area contributed by atoms with Crippen molar-refractivity contribution in [1.82, 2.24) is 5.32 Å². The number of ether oxygens (including phenoxy) is 6. The Morgan fingerprint density at radius 3 is 1.12 bits per heavy atom. The van der Waals surface area contributed by atoms with Crippen LogP contribution in [0.1, 0.15) is 264 Å². The number of carbonyl (C=O) groups excluding carboxylic acids is 1. The van der Waals surface area contributed by atoms with Crippen LogP contribution < -0.4 is 5.32 Å². The lowest BCUT2D eigenvalue weighted by atomic mass is 9.96. The van der Waals surface area contributed by atoms with E-state index in [9.17, 15) is 61.0 Å². The molecular weight excluding hydrogens is 1080 g/mol. The second-order valence-corrected chi connectivity index (χ2v) is 24.7. The minimum Gasteiger partial charge on any atom is -0.394 e. The number of amides is 1. The molecule has 0 bridgehead atoms. The Hall–Kier alpha value is -1.47. The number of hydrogen-bond acceptors (Lipinski definition) is 18. The van der Waals surface area contributed by atoms with Crippen LogP contribution in [0.2, 0.25) is 0 Å². The van der Waals surface area contributed by atoms with Crippen LogP contribution in [0.3, 0.4) is 0 Å². The van der Waals surface area contributed by atoms with E-state index < -0.39 is 124 Å². The molecule has 12 N–H and O–H groups in total. The Morgan fingerprint density at radius 1 is 0.417 bits per heavy atom. The highest BCUT2D eigenvalue weighted by Crippen LogP contribution is 2.33. The molecule has 3 rings (SSSR count). The highest BCUT2D eigenvalue weighted by atomic mass is 16.8. The molecular formula is C65H123NO18. The first kappa shape index (κ1) is 76.8. The van der Waals surface area contributed by atoms with Crippen LogP contribution in [0, 0.1) is 0 Å². The van der Waals surface area contributed by atoms with Gasteiger partial charge in [0.25, 0.3) is 0 Å². The number of rotatable bonds is 52. The standard InChI is InChI=1S/C65H123NO18/c1-3-5-7-9-11-13-15-17-18-19-20-21-22-23-24-25-26-27-28-29-31-32-34-36-38-40-42-49(70)48(66-53(71)43-41-39-37-35-33-30-16-14-12-10-8-6-4-2)47-79-63-59(77)56(74)61(51(45-68)81-63)84-65-60(78)57(75)62(52(46-69)82-65)83-64-58(76)55(73)54(72)50(44-67)80-64/h40,42,48-52,54-65,67-70,72-78H,3-39,41,43-47H2,1-2H3,(H,66,71)/b42-40+. The predicted molar refractivity (Wildman–Crippen MR) is 323 cm³/mol. The normalized spacial score (nSPS) is 29.2. The average molecular weight is 1210 g/mol. The average Bonchev–Trinajstić information content (AvgIpc) is 3.22. The SMILES string of the molecule is CCCCCCCCCCCCCCCCCCCCCCCCCC/C=C/C(O)C(COC1OC(CO)C(OC2OC(CO)C(OC3OC(CO)C(O)C(O)C3O)C(O)C2O)C(O)C1O)NC(=O)CCCCCCCCCCCCCCC. The van der Waals surface area contributed by atoms with Crippen LogP contribution in [0.15, 0.2) is 12.2 Å². The third-order valence-corrected chi connectivity index (χ3v) is 17.3. The minimum absolute atomic E-state index is 0.249. The fraction of sp³-hybridized carbons (Fsp3) is 0.954. The summed E-state index contributed by atoms with van der Waals surface area (Å²) in [4.78, 5) is 13.3. The quantitative estimate of drug-likeness (QED) is 0.0202. The van der Waals surface area contributed by atoms with Gasteiger partial charge in [0, 0.05) is 6.42 Å². The largest absolute Gasteiger partial charge is 0.394 e. The third-order valence-electron chi connectivity index (χ3n) is 17.3. The molecule has 496 valence electrons. The van der Waals surface area contributed by atoms with Crippen LogP contribution in [-0.4, -0.2) is 193 Å². The summed E-state index contributed by atoms with van der Waals surface area (Å²) < 4.78 is 34.3. The molecule has 0 aliphatic carbocycles. The molecule has 0 aromatic rings. The summed E-state index contributed by atoms with van der Waals surface area (Å²) in [6, 6.07) is -0.967. The van der Waals surface area contributed by atoms with E-state index >= 15 is 0 Å². The summed E-state index contributed by atoms with van der Waals surface area (Å²) >= 11 is 0. The second-order valence-electron chi connectivity index (χ2n) is 24.7. The maximum atomic E-state index is 13.3. The lowest BCUT2D eigenvalue weighted by Crippen LogP contribution is -2.66. The number of unbranched alkanes of at least 4 members (excludes halogenated alkanes) is 36. The van der Waals surface area contributed by atoms with Gasteiger partial charge in [0.2, 0.25) is 5.91 Å². The van der Waals surface area contributed by atoms with Gasteiger partial charge in [0.05, 0.1) is 38.6 Å². The van der Waals surface area contributed by atoms with E-state index in [1.54, 1.807) is 6.08 Å². The molecule has 3 fully saturated rings. The number of hydrogen-bond donors (Lipinski definition) is 12. The monoisotopic (exact) mass is 1210 g/mol. The molecule has 3 aliphatic heterocycles. The van der Waals surface area contributed by atoms with Crippen molar-refractivity contribution >= 4 is 5.91 Å². The van der Waals surface area contributed by atoms with Crippen LogP contribution >= 0.6 is 0 Å².